The number of phenolic OH excluding ortho intramolecular Hbond substituents is 2. The first kappa shape index (κ1) is 26.9. The summed E-state index contributed by atoms with van der Waals surface area (Å²) >= 11 is 0. The molecule has 0 aromatic heterocycles. The summed E-state index contributed by atoms with van der Waals surface area (Å²) in [4.78, 5) is 0. The lowest BCUT2D eigenvalue weighted by Gasteiger charge is -2.26. The Labute approximate surface area is 225 Å². The van der Waals surface area contributed by atoms with Gasteiger partial charge in [0, 0.05) is 10.8 Å². The molecule has 0 amide bonds. The van der Waals surface area contributed by atoms with Gasteiger partial charge in [0.2, 0.25) is 0 Å². The van der Waals surface area contributed by atoms with Crippen molar-refractivity contribution >= 4 is 0 Å². The van der Waals surface area contributed by atoms with Crippen LogP contribution in [0.5, 0.6) is 23.0 Å². The van der Waals surface area contributed by atoms with Crippen LogP contribution in [0.25, 0.3) is 0 Å². The van der Waals surface area contributed by atoms with Gasteiger partial charge in [-0.2, -0.15) is 0 Å². The number of rotatable bonds is 10. The van der Waals surface area contributed by atoms with Crippen LogP contribution in [0.4, 0.5) is 0 Å². The fraction of sp³-hybridized carbons (Fsp3) is 0.235. The van der Waals surface area contributed by atoms with E-state index in [0.717, 1.165) is 22.6 Å². The van der Waals surface area contributed by atoms with E-state index in [9.17, 15) is 10.2 Å². The van der Waals surface area contributed by atoms with Gasteiger partial charge in [-0.3, -0.25) is 0 Å². The van der Waals surface area contributed by atoms with Gasteiger partial charge in [-0.25, -0.2) is 0 Å². The first-order valence-corrected chi connectivity index (χ1v) is 12.9. The molecule has 0 aliphatic carbocycles. The summed E-state index contributed by atoms with van der Waals surface area (Å²) in [7, 11) is 0. The zero-order valence-corrected chi connectivity index (χ0v) is 22.5. The van der Waals surface area contributed by atoms with E-state index in [1.54, 1.807) is 24.3 Å². The minimum atomic E-state index is -0.178. The zero-order chi connectivity index (χ0) is 27.2. The van der Waals surface area contributed by atoms with Gasteiger partial charge in [0.1, 0.15) is 36.2 Å². The molecule has 0 heterocycles. The van der Waals surface area contributed by atoms with E-state index in [1.165, 1.54) is 11.1 Å². The summed E-state index contributed by atoms with van der Waals surface area (Å²) in [6, 6.07) is 31.0. The van der Waals surface area contributed by atoms with Crippen molar-refractivity contribution in [1.82, 2.24) is 0 Å². The van der Waals surface area contributed by atoms with Crippen molar-refractivity contribution in [2.75, 3.05) is 13.2 Å². The highest BCUT2D eigenvalue weighted by Crippen LogP contribution is 2.34. The average molecular weight is 509 g/mol. The molecule has 0 unspecified atom stereocenters. The summed E-state index contributed by atoms with van der Waals surface area (Å²) < 4.78 is 11.7. The molecule has 0 bridgehead atoms. The Morgan fingerprint density at radius 1 is 0.474 bits per heavy atom. The molecular weight excluding hydrogens is 472 g/mol. The molecule has 4 aromatic carbocycles. The highest BCUT2D eigenvalue weighted by atomic mass is 16.5. The van der Waals surface area contributed by atoms with E-state index in [0.29, 0.717) is 13.2 Å². The number of ether oxygens (including phenoxy) is 2. The molecule has 4 aromatic rings. The molecule has 4 rings (SSSR count). The predicted octanol–water partition coefficient (Wildman–Crippen LogP) is 7.76. The van der Waals surface area contributed by atoms with Crippen LogP contribution >= 0.6 is 0 Å². The van der Waals surface area contributed by atoms with Gasteiger partial charge in [-0.15, -0.1) is 0 Å². The van der Waals surface area contributed by atoms with E-state index in [1.807, 2.05) is 60.7 Å². The largest absolute Gasteiger partial charge is 0.508 e. The van der Waals surface area contributed by atoms with E-state index < -0.39 is 0 Å². The average Bonchev–Trinajstić information content (AvgIpc) is 2.92. The van der Waals surface area contributed by atoms with Gasteiger partial charge in [-0.1, -0.05) is 76.2 Å². The topological polar surface area (TPSA) is 58.9 Å². The van der Waals surface area contributed by atoms with Gasteiger partial charge >= 0.3 is 0 Å². The standard InChI is InChI=1S/C34H36O4/c1-33(2,25-7-15-29(35)16-8-25)27-11-19-31(20-12-27)37-23-5-6-24-38-32-21-13-28(14-22-32)34(3,4)26-9-17-30(36)18-10-26/h5-22,35-36H,23-24H2,1-4H3/b6-5+. The summed E-state index contributed by atoms with van der Waals surface area (Å²) in [5.74, 6) is 2.17. The summed E-state index contributed by atoms with van der Waals surface area (Å²) in [5, 5.41) is 19.1. The van der Waals surface area contributed by atoms with Crippen molar-refractivity contribution in [3.63, 3.8) is 0 Å². The number of hydrogen-bond donors (Lipinski definition) is 2. The Balaban J connectivity index is 1.24. The smallest absolute Gasteiger partial charge is 0.119 e. The minimum Gasteiger partial charge on any atom is -0.508 e. The molecule has 2 N–H and O–H groups in total. The molecule has 0 fully saturated rings. The quantitative estimate of drug-likeness (QED) is 0.215. The van der Waals surface area contributed by atoms with Crippen LogP contribution in [0.2, 0.25) is 0 Å². The Morgan fingerprint density at radius 2 is 0.737 bits per heavy atom. The molecule has 38 heavy (non-hydrogen) atoms. The molecule has 0 saturated carbocycles. The van der Waals surface area contributed by atoms with Crippen LogP contribution in [0.3, 0.4) is 0 Å². The Bertz CT molecular complexity index is 1230. The molecule has 0 spiro atoms. The van der Waals surface area contributed by atoms with Gasteiger partial charge in [-0.05, 0) is 82.9 Å². The van der Waals surface area contributed by atoms with E-state index >= 15 is 0 Å². The van der Waals surface area contributed by atoms with Crippen LogP contribution in [-0.2, 0) is 10.8 Å². The van der Waals surface area contributed by atoms with Crippen molar-refractivity contribution < 1.29 is 19.7 Å². The van der Waals surface area contributed by atoms with Gasteiger partial charge < -0.3 is 19.7 Å². The van der Waals surface area contributed by atoms with Gasteiger partial charge in [0.15, 0.2) is 0 Å². The third kappa shape index (κ3) is 6.38. The normalized spacial score (nSPS) is 12.0. The monoisotopic (exact) mass is 508 g/mol. The van der Waals surface area contributed by atoms with Crippen molar-refractivity contribution in [1.29, 1.82) is 0 Å². The fourth-order valence-corrected chi connectivity index (χ4v) is 4.45. The maximum Gasteiger partial charge on any atom is 0.119 e. The lowest BCUT2D eigenvalue weighted by molar-refractivity contribution is 0.350. The SMILES string of the molecule is CC(C)(c1ccc(O)cc1)c1ccc(OC/C=C/COc2ccc(C(C)(C)c3ccc(O)cc3)cc2)cc1. The molecule has 4 heteroatoms. The van der Waals surface area contributed by atoms with Crippen molar-refractivity contribution in [2.24, 2.45) is 0 Å². The first-order valence-electron chi connectivity index (χ1n) is 12.9. The zero-order valence-electron chi connectivity index (χ0n) is 22.5. The van der Waals surface area contributed by atoms with Crippen LogP contribution in [-0.4, -0.2) is 23.4 Å². The van der Waals surface area contributed by atoms with Crippen LogP contribution in [0.1, 0.15) is 49.9 Å². The Kier molecular flexibility index (Phi) is 8.11. The second-order valence-electron chi connectivity index (χ2n) is 10.5. The lowest BCUT2D eigenvalue weighted by atomic mass is 9.78. The molecule has 0 aliphatic heterocycles. The minimum absolute atomic E-state index is 0.178. The number of hydrogen-bond acceptors (Lipinski definition) is 4. The molecule has 196 valence electrons. The third-order valence-electron chi connectivity index (χ3n) is 7.19. The van der Waals surface area contributed by atoms with Crippen molar-refractivity contribution in [2.45, 2.75) is 38.5 Å². The molecule has 0 aliphatic rings. The Hall–Kier alpha value is -4.18. The van der Waals surface area contributed by atoms with Gasteiger partial charge in [0.25, 0.3) is 0 Å². The van der Waals surface area contributed by atoms with E-state index in [2.05, 4.69) is 52.0 Å². The summed E-state index contributed by atoms with van der Waals surface area (Å²) in [6.45, 7) is 9.60. The predicted molar refractivity (Wildman–Crippen MR) is 153 cm³/mol. The summed E-state index contributed by atoms with van der Waals surface area (Å²) in [5.41, 5.74) is 4.28. The van der Waals surface area contributed by atoms with E-state index in [4.69, 9.17) is 9.47 Å². The summed E-state index contributed by atoms with van der Waals surface area (Å²) in [6.07, 6.45) is 3.91. The highest BCUT2D eigenvalue weighted by Gasteiger charge is 2.24. The van der Waals surface area contributed by atoms with Crippen molar-refractivity contribution in [3.05, 3.63) is 131 Å². The third-order valence-corrected chi connectivity index (χ3v) is 7.19. The second kappa shape index (κ2) is 11.5. The first-order chi connectivity index (χ1) is 18.2. The number of phenols is 2. The number of aromatic hydroxyl groups is 2. The maximum atomic E-state index is 9.57. The molecule has 4 nitrogen and oxygen atoms in total. The fourth-order valence-electron chi connectivity index (χ4n) is 4.45. The second-order valence-corrected chi connectivity index (χ2v) is 10.5. The van der Waals surface area contributed by atoms with Gasteiger partial charge in [0.05, 0.1) is 0 Å². The van der Waals surface area contributed by atoms with Crippen LogP contribution in [0, 0.1) is 0 Å². The van der Waals surface area contributed by atoms with E-state index in [-0.39, 0.29) is 22.3 Å². The molecule has 0 radical (unpaired) electrons. The molecule has 0 saturated heterocycles. The van der Waals surface area contributed by atoms with Crippen molar-refractivity contribution in [3.8, 4) is 23.0 Å². The molecule has 0 atom stereocenters. The number of benzene rings is 4. The van der Waals surface area contributed by atoms with Crippen LogP contribution in [0.15, 0.2) is 109 Å². The maximum absolute atomic E-state index is 9.57. The lowest BCUT2D eigenvalue weighted by Crippen LogP contribution is -2.18. The molecular formula is C34H36O4. The Morgan fingerprint density at radius 3 is 1.03 bits per heavy atom. The van der Waals surface area contributed by atoms with Crippen LogP contribution < -0.4 is 9.47 Å². The highest BCUT2D eigenvalue weighted by molar-refractivity contribution is 5.43.